The third-order valence-corrected chi connectivity index (χ3v) is 7.66. The maximum Gasteiger partial charge on any atom is 0.258 e. The first-order valence-electron chi connectivity index (χ1n) is 11.1. The summed E-state index contributed by atoms with van der Waals surface area (Å²) >= 11 is 17.6. The van der Waals surface area contributed by atoms with Crippen molar-refractivity contribution in [3.8, 4) is 11.5 Å². The van der Waals surface area contributed by atoms with Crippen molar-refractivity contribution < 1.29 is 28.6 Å². The van der Waals surface area contributed by atoms with Crippen molar-refractivity contribution in [2.24, 2.45) is 0 Å². The summed E-state index contributed by atoms with van der Waals surface area (Å²) in [6, 6.07) is 8.57. The van der Waals surface area contributed by atoms with Crippen molar-refractivity contribution in [3.63, 3.8) is 0 Å². The van der Waals surface area contributed by atoms with E-state index in [1.165, 1.54) is 18.2 Å². The Labute approximate surface area is 216 Å². The second kappa shape index (κ2) is 10.4. The van der Waals surface area contributed by atoms with Crippen LogP contribution in [0.5, 0.6) is 11.5 Å². The highest BCUT2D eigenvalue weighted by atomic mass is 35.5. The number of hydrogen-bond acceptors (Lipinski definition) is 5. The highest BCUT2D eigenvalue weighted by Gasteiger charge is 2.55. The lowest BCUT2D eigenvalue weighted by molar-refractivity contribution is -0.137. The van der Waals surface area contributed by atoms with Gasteiger partial charge in [0, 0.05) is 17.7 Å². The summed E-state index contributed by atoms with van der Waals surface area (Å²) in [4.78, 5) is 25.1. The van der Waals surface area contributed by atoms with Crippen LogP contribution in [-0.4, -0.2) is 47.3 Å². The Morgan fingerprint density at radius 3 is 2.03 bits per heavy atom. The van der Waals surface area contributed by atoms with E-state index in [2.05, 4.69) is 10.6 Å². The van der Waals surface area contributed by atoms with E-state index in [0.717, 1.165) is 6.07 Å². The molecule has 2 bridgehead atoms. The van der Waals surface area contributed by atoms with Gasteiger partial charge in [-0.05, 0) is 56.4 Å². The Balaban J connectivity index is 1.28. The van der Waals surface area contributed by atoms with E-state index < -0.39 is 23.0 Å². The minimum Gasteiger partial charge on any atom is -0.484 e. The number of ether oxygens (including phenoxy) is 2. The molecule has 1 atom stereocenters. The van der Waals surface area contributed by atoms with Gasteiger partial charge in [0.25, 0.3) is 11.8 Å². The Morgan fingerprint density at radius 2 is 1.46 bits per heavy atom. The normalized spacial score (nSPS) is 25.1. The largest absolute Gasteiger partial charge is 0.484 e. The topological polar surface area (TPSA) is 96.9 Å². The lowest BCUT2D eigenvalue weighted by Crippen LogP contribution is -2.70. The SMILES string of the molecule is O=C(COc1ccc(F)c(Cl)c1)NC12CCC(NC(=O)COc3ccc(Cl)c(Cl)c3)(CC1)[C@@H](O)C2. The third-order valence-electron chi connectivity index (χ3n) is 6.64. The van der Waals surface area contributed by atoms with Crippen molar-refractivity contribution >= 4 is 46.6 Å². The maximum atomic E-state index is 13.3. The Hall–Kier alpha value is -2.26. The van der Waals surface area contributed by atoms with Crippen LogP contribution in [0.3, 0.4) is 0 Å². The van der Waals surface area contributed by atoms with Crippen LogP contribution < -0.4 is 20.1 Å². The molecular weight excluding hydrogens is 522 g/mol. The van der Waals surface area contributed by atoms with E-state index in [-0.39, 0.29) is 35.8 Å². The van der Waals surface area contributed by atoms with Crippen molar-refractivity contribution in [2.45, 2.75) is 49.3 Å². The molecule has 0 unspecified atom stereocenters. The molecule has 0 heterocycles. The summed E-state index contributed by atoms with van der Waals surface area (Å²) in [6.07, 6.45) is 1.65. The number of nitrogens with one attached hydrogen (secondary N) is 2. The predicted molar refractivity (Wildman–Crippen MR) is 130 cm³/mol. The Morgan fingerprint density at radius 1 is 0.886 bits per heavy atom. The fourth-order valence-corrected chi connectivity index (χ4v) is 5.20. The van der Waals surface area contributed by atoms with Crippen LogP contribution in [-0.2, 0) is 9.59 Å². The van der Waals surface area contributed by atoms with Crippen molar-refractivity contribution in [1.29, 1.82) is 0 Å². The van der Waals surface area contributed by atoms with E-state index in [9.17, 15) is 19.1 Å². The molecule has 188 valence electrons. The molecule has 3 aliphatic carbocycles. The van der Waals surface area contributed by atoms with Crippen LogP contribution in [0, 0.1) is 5.82 Å². The zero-order valence-corrected chi connectivity index (χ0v) is 20.9. The molecular formula is C24H24Cl3FN2O5. The Bertz CT molecular complexity index is 1120. The van der Waals surface area contributed by atoms with E-state index >= 15 is 0 Å². The van der Waals surface area contributed by atoms with Gasteiger partial charge in [0.05, 0.1) is 26.7 Å². The predicted octanol–water partition coefficient (Wildman–Crippen LogP) is 4.29. The highest BCUT2D eigenvalue weighted by Crippen LogP contribution is 2.47. The quantitative estimate of drug-likeness (QED) is 0.460. The minimum absolute atomic E-state index is 0.0927. The standard InChI is InChI=1S/C24H24Cl3FN2O5/c25-16-3-1-14(9-17(16)26)35-13-22(33)30-24-7-5-23(6-8-24,11-20(24)31)29-21(32)12-34-15-2-4-19(28)18(27)10-15/h1-4,9-10,20,31H,5-8,11-13H2,(H,29,32)(H,30,33)/t20-,23?,24?/m0/s1. The van der Waals surface area contributed by atoms with Gasteiger partial charge in [0.1, 0.15) is 17.3 Å². The first kappa shape index (κ1) is 25.8. The fraction of sp³-hybridized carbons (Fsp3) is 0.417. The maximum absolute atomic E-state index is 13.3. The molecule has 0 aliphatic heterocycles. The zero-order chi connectivity index (χ0) is 25.2. The van der Waals surface area contributed by atoms with Crippen LogP contribution >= 0.6 is 34.8 Å². The molecule has 2 amide bonds. The molecule has 7 nitrogen and oxygen atoms in total. The molecule has 3 N–H and O–H groups in total. The van der Waals surface area contributed by atoms with Gasteiger partial charge in [-0.1, -0.05) is 34.8 Å². The van der Waals surface area contributed by atoms with Crippen molar-refractivity contribution in [1.82, 2.24) is 10.6 Å². The molecule has 0 aromatic heterocycles. The van der Waals surface area contributed by atoms with Crippen LogP contribution in [0.25, 0.3) is 0 Å². The summed E-state index contributed by atoms with van der Waals surface area (Å²) in [7, 11) is 0. The summed E-state index contributed by atoms with van der Waals surface area (Å²) in [5, 5.41) is 17.4. The number of aliphatic hydroxyl groups is 1. The summed E-state index contributed by atoms with van der Waals surface area (Å²) in [6.45, 7) is -0.507. The van der Waals surface area contributed by atoms with E-state index in [1.54, 1.807) is 12.1 Å². The number of carbonyl (C=O) groups excluding carboxylic acids is 2. The first-order chi connectivity index (χ1) is 16.6. The second-order valence-corrected chi connectivity index (χ2v) is 10.2. The van der Waals surface area contributed by atoms with Gasteiger partial charge in [0.15, 0.2) is 13.2 Å². The average molecular weight is 546 g/mol. The van der Waals surface area contributed by atoms with Crippen LogP contribution in [0.2, 0.25) is 15.1 Å². The number of hydrogen-bond donors (Lipinski definition) is 3. The van der Waals surface area contributed by atoms with Gasteiger partial charge >= 0.3 is 0 Å². The lowest BCUT2D eigenvalue weighted by atomic mass is 9.60. The number of amides is 2. The number of fused-ring (bicyclic) bond motifs is 3. The molecule has 2 aromatic carbocycles. The average Bonchev–Trinajstić information content (AvgIpc) is 2.82. The molecule has 3 saturated carbocycles. The van der Waals surface area contributed by atoms with Gasteiger partial charge < -0.3 is 25.2 Å². The second-order valence-electron chi connectivity index (χ2n) is 8.98. The van der Waals surface area contributed by atoms with Gasteiger partial charge in [-0.15, -0.1) is 0 Å². The van der Waals surface area contributed by atoms with Gasteiger partial charge in [-0.2, -0.15) is 0 Å². The minimum atomic E-state index is -0.837. The molecule has 0 saturated heterocycles. The molecule has 3 fully saturated rings. The molecule has 5 rings (SSSR count). The number of carbonyl (C=O) groups is 2. The molecule has 3 aliphatic rings. The van der Waals surface area contributed by atoms with Crippen molar-refractivity contribution in [2.75, 3.05) is 13.2 Å². The number of rotatable bonds is 8. The molecule has 0 spiro atoms. The first-order valence-corrected chi connectivity index (χ1v) is 12.2. The monoisotopic (exact) mass is 544 g/mol. The van der Waals surface area contributed by atoms with E-state index in [1.807, 2.05) is 0 Å². The number of benzene rings is 2. The highest BCUT2D eigenvalue weighted by molar-refractivity contribution is 6.42. The number of aliphatic hydroxyl groups excluding tert-OH is 1. The fourth-order valence-electron chi connectivity index (χ4n) is 4.74. The van der Waals surface area contributed by atoms with Crippen LogP contribution in [0.1, 0.15) is 32.1 Å². The van der Waals surface area contributed by atoms with Crippen LogP contribution in [0.15, 0.2) is 36.4 Å². The van der Waals surface area contributed by atoms with Gasteiger partial charge in [-0.25, -0.2) is 4.39 Å². The number of halogens is 4. The van der Waals surface area contributed by atoms with E-state index in [4.69, 9.17) is 44.3 Å². The van der Waals surface area contributed by atoms with Gasteiger partial charge in [0.2, 0.25) is 0 Å². The van der Waals surface area contributed by atoms with Gasteiger partial charge in [-0.3, -0.25) is 9.59 Å². The summed E-state index contributed by atoms with van der Waals surface area (Å²) < 4.78 is 24.2. The lowest BCUT2D eigenvalue weighted by Gasteiger charge is -2.56. The summed E-state index contributed by atoms with van der Waals surface area (Å²) in [5.74, 6) is -0.601. The van der Waals surface area contributed by atoms with Crippen molar-refractivity contribution in [3.05, 3.63) is 57.3 Å². The van der Waals surface area contributed by atoms with E-state index in [0.29, 0.717) is 47.9 Å². The summed E-state index contributed by atoms with van der Waals surface area (Å²) in [5.41, 5.74) is -1.35. The van der Waals surface area contributed by atoms with Crippen LogP contribution in [0.4, 0.5) is 4.39 Å². The molecule has 35 heavy (non-hydrogen) atoms. The smallest absolute Gasteiger partial charge is 0.258 e. The molecule has 11 heteroatoms. The molecule has 0 radical (unpaired) electrons. The molecule has 2 aromatic rings. The third kappa shape index (κ3) is 5.94. The Kier molecular flexibility index (Phi) is 7.66. The zero-order valence-electron chi connectivity index (χ0n) is 18.6.